The van der Waals surface area contributed by atoms with E-state index in [0.717, 1.165) is 0 Å². The summed E-state index contributed by atoms with van der Waals surface area (Å²) in [4.78, 5) is 0. The van der Waals surface area contributed by atoms with E-state index < -0.39 is 15.5 Å². The van der Waals surface area contributed by atoms with Gasteiger partial charge in [-0.15, -0.1) is 28.7 Å². The van der Waals surface area contributed by atoms with Crippen molar-refractivity contribution in [2.45, 2.75) is 5.25 Å². The minimum Gasteiger partial charge on any atom is -0.329 e. The van der Waals surface area contributed by atoms with Gasteiger partial charge in [-0.3, -0.25) is 0 Å². The molecule has 4 N–H and O–H groups in total. The first-order valence-corrected chi connectivity index (χ1v) is 3.80. The molecule has 0 saturated heterocycles. The molecule has 0 spiro atoms. The van der Waals surface area contributed by atoms with Gasteiger partial charge in [0.25, 0.3) is 0 Å². The van der Waals surface area contributed by atoms with E-state index in [-0.39, 0.29) is 37.9 Å². The van der Waals surface area contributed by atoms with E-state index in [1.807, 2.05) is 0 Å². The van der Waals surface area contributed by atoms with Gasteiger partial charge in [-0.1, -0.05) is 0 Å². The molecule has 4 nitrogen and oxygen atoms in total. The minimum absolute atomic E-state index is 0. The number of hydrogen-bond donors (Lipinski definition) is 2. The predicted molar refractivity (Wildman–Crippen MR) is 46.4 cm³/mol. The van der Waals surface area contributed by atoms with Crippen molar-refractivity contribution in [1.29, 1.82) is 0 Å². The van der Waals surface area contributed by atoms with Crippen LogP contribution in [0.1, 0.15) is 0 Å². The van der Waals surface area contributed by atoms with Gasteiger partial charge < -0.3 is 11.5 Å². The molecule has 72 valence electrons. The number of nitrogens with two attached hydrogens (primary N) is 2. The molecule has 0 fully saturated rings. The molecule has 11 heavy (non-hydrogen) atoms. The summed E-state index contributed by atoms with van der Waals surface area (Å²) in [6.07, 6.45) is 0. The largest absolute Gasteiger partial charge is 0.329 e. The van der Waals surface area contributed by atoms with Crippen LogP contribution in [0, 0.1) is 0 Å². The Hall–Kier alpha value is 0.380. The van der Waals surface area contributed by atoms with Crippen LogP contribution in [0.4, 0.5) is 3.89 Å². The molecule has 0 saturated carbocycles. The Morgan fingerprint density at radius 2 is 1.45 bits per heavy atom. The molecule has 0 bridgehead atoms. The highest BCUT2D eigenvalue weighted by Gasteiger charge is 2.20. The topological polar surface area (TPSA) is 86.2 Å². The summed E-state index contributed by atoms with van der Waals surface area (Å²) in [6.45, 7) is -0.537. The van der Waals surface area contributed by atoms with Crippen LogP contribution < -0.4 is 11.5 Å². The van der Waals surface area contributed by atoms with Crippen LogP contribution in [-0.2, 0) is 10.2 Å². The molecule has 0 aliphatic carbocycles. The summed E-state index contributed by atoms with van der Waals surface area (Å²) in [6, 6.07) is 0. The van der Waals surface area contributed by atoms with Crippen LogP contribution in [0.2, 0.25) is 0 Å². The van der Waals surface area contributed by atoms with Gasteiger partial charge in [0.15, 0.2) is 0 Å². The van der Waals surface area contributed by atoms with Crippen molar-refractivity contribution in [3.8, 4) is 0 Å². The highest BCUT2D eigenvalue weighted by molar-refractivity contribution is 7.87. The molecular formula is C3H11Cl2FN2O2S. The van der Waals surface area contributed by atoms with Crippen LogP contribution in [0.3, 0.4) is 0 Å². The summed E-state index contributed by atoms with van der Waals surface area (Å²) in [5, 5.41) is -1.24. The molecule has 0 radical (unpaired) electrons. The zero-order valence-corrected chi connectivity index (χ0v) is 8.01. The van der Waals surface area contributed by atoms with E-state index >= 15 is 0 Å². The molecule has 0 aliphatic heterocycles. The average Bonchev–Trinajstić information content (AvgIpc) is 1.65. The lowest BCUT2D eigenvalue weighted by Crippen LogP contribution is -2.34. The molecule has 0 aromatic rings. The molecule has 0 aromatic heterocycles. The van der Waals surface area contributed by atoms with Crippen molar-refractivity contribution in [1.82, 2.24) is 0 Å². The Morgan fingerprint density at radius 1 is 1.18 bits per heavy atom. The van der Waals surface area contributed by atoms with Gasteiger partial charge in [-0.2, -0.15) is 8.42 Å². The van der Waals surface area contributed by atoms with Crippen molar-refractivity contribution in [2.24, 2.45) is 11.5 Å². The summed E-state index contributed by atoms with van der Waals surface area (Å²) in [5.41, 5.74) is 9.74. The van der Waals surface area contributed by atoms with Gasteiger partial charge in [-0.05, 0) is 0 Å². The van der Waals surface area contributed by atoms with Gasteiger partial charge in [0, 0.05) is 13.1 Å². The minimum atomic E-state index is -4.52. The fraction of sp³-hybridized carbons (Fsp3) is 1.00. The number of hydrogen-bond acceptors (Lipinski definition) is 4. The molecule has 0 aromatic carbocycles. The van der Waals surface area contributed by atoms with Crippen molar-refractivity contribution in [3.63, 3.8) is 0 Å². The zero-order valence-electron chi connectivity index (χ0n) is 5.57. The Bertz CT molecular complexity index is 170. The highest BCUT2D eigenvalue weighted by Crippen LogP contribution is 1.98. The van der Waals surface area contributed by atoms with Crippen LogP contribution in [-0.4, -0.2) is 26.8 Å². The second kappa shape index (κ2) is 7.05. The van der Waals surface area contributed by atoms with E-state index in [1.54, 1.807) is 0 Å². The third-order valence-corrected chi connectivity index (χ3v) is 2.11. The first-order chi connectivity index (χ1) is 4.02. The molecule has 0 heterocycles. The van der Waals surface area contributed by atoms with Crippen LogP contribution in [0.25, 0.3) is 0 Å². The van der Waals surface area contributed by atoms with Crippen molar-refractivity contribution in [3.05, 3.63) is 0 Å². The SMILES string of the molecule is Cl.Cl.NCC(CN)S(=O)(=O)F. The monoisotopic (exact) mass is 228 g/mol. The van der Waals surface area contributed by atoms with Gasteiger partial charge in [-0.25, -0.2) is 0 Å². The molecule has 0 atom stereocenters. The number of rotatable bonds is 3. The lowest BCUT2D eigenvalue weighted by molar-refractivity contribution is 0.534. The lowest BCUT2D eigenvalue weighted by atomic mass is 10.4. The highest BCUT2D eigenvalue weighted by atomic mass is 35.5. The van der Waals surface area contributed by atoms with E-state index in [1.165, 1.54) is 0 Å². The normalized spacial score (nSPS) is 10.2. The van der Waals surface area contributed by atoms with E-state index in [4.69, 9.17) is 11.5 Å². The molecule has 8 heteroatoms. The van der Waals surface area contributed by atoms with Crippen LogP contribution >= 0.6 is 24.8 Å². The van der Waals surface area contributed by atoms with E-state index in [2.05, 4.69) is 0 Å². The van der Waals surface area contributed by atoms with Crippen molar-refractivity contribution < 1.29 is 12.3 Å². The third-order valence-electron chi connectivity index (χ3n) is 0.924. The Kier molecular flexibility index (Phi) is 11.2. The number of halogens is 3. The predicted octanol–water partition coefficient (Wildman–Crippen LogP) is -0.585. The maximum Gasteiger partial charge on any atom is 0.307 e. The summed E-state index contributed by atoms with van der Waals surface area (Å²) in [7, 11) is -4.52. The second-order valence-electron chi connectivity index (χ2n) is 1.57. The molecule has 0 unspecified atom stereocenters. The maximum atomic E-state index is 11.9. The second-order valence-corrected chi connectivity index (χ2v) is 3.19. The summed E-state index contributed by atoms with van der Waals surface area (Å²) < 4.78 is 31.8. The maximum absolute atomic E-state index is 11.9. The smallest absolute Gasteiger partial charge is 0.307 e. The molecule has 0 amide bonds. The molecular weight excluding hydrogens is 218 g/mol. The quantitative estimate of drug-likeness (QED) is 0.633. The molecule has 0 aliphatic rings. The fourth-order valence-corrected chi connectivity index (χ4v) is 0.786. The van der Waals surface area contributed by atoms with E-state index in [0.29, 0.717) is 0 Å². The first kappa shape index (κ1) is 17.5. The lowest BCUT2D eigenvalue weighted by Gasteiger charge is -2.03. The van der Waals surface area contributed by atoms with Crippen LogP contribution in [0.15, 0.2) is 0 Å². The third kappa shape index (κ3) is 6.77. The Balaban J connectivity index is -0.000000320. The summed E-state index contributed by atoms with van der Waals surface area (Å²) >= 11 is 0. The van der Waals surface area contributed by atoms with Gasteiger partial charge in [0.1, 0.15) is 5.25 Å². The summed E-state index contributed by atoms with van der Waals surface area (Å²) in [5.74, 6) is 0. The van der Waals surface area contributed by atoms with Gasteiger partial charge >= 0.3 is 10.2 Å². The first-order valence-electron chi connectivity index (χ1n) is 2.36. The zero-order chi connectivity index (χ0) is 7.49. The molecule has 0 rings (SSSR count). The van der Waals surface area contributed by atoms with E-state index in [9.17, 15) is 12.3 Å². The Morgan fingerprint density at radius 3 is 1.45 bits per heavy atom. The average molecular weight is 229 g/mol. The van der Waals surface area contributed by atoms with Gasteiger partial charge in [0.05, 0.1) is 0 Å². The Labute approximate surface area is 77.5 Å². The van der Waals surface area contributed by atoms with Crippen molar-refractivity contribution in [2.75, 3.05) is 13.1 Å². The standard InChI is InChI=1S/C3H9FN2O2S.2ClH/c4-9(7,8)3(1-5)2-6;;/h3H,1-2,5-6H2;2*1H. The van der Waals surface area contributed by atoms with Crippen molar-refractivity contribution >= 4 is 35.0 Å². The van der Waals surface area contributed by atoms with Gasteiger partial charge in [0.2, 0.25) is 0 Å². The van der Waals surface area contributed by atoms with Crippen LogP contribution in [0.5, 0.6) is 0 Å². The fourth-order valence-electron chi connectivity index (χ4n) is 0.326.